The van der Waals surface area contributed by atoms with Crippen molar-refractivity contribution in [2.24, 2.45) is 0 Å². The molecule has 8 nitrogen and oxygen atoms in total. The number of anilines is 2. The number of carbonyl (C=O) groups excluding carboxylic acids is 2. The minimum Gasteiger partial charge on any atom is -0.482 e. The third-order valence-corrected chi connectivity index (χ3v) is 7.44. The fourth-order valence-corrected chi connectivity index (χ4v) is 5.33. The fraction of sp³-hybridized carbons (Fsp3) is 0.333. The Morgan fingerprint density at radius 2 is 1.93 bits per heavy atom. The zero-order chi connectivity index (χ0) is 21.5. The Morgan fingerprint density at radius 3 is 2.67 bits per heavy atom. The highest BCUT2D eigenvalue weighted by Gasteiger charge is 2.29. The van der Waals surface area contributed by atoms with Crippen molar-refractivity contribution in [2.75, 3.05) is 36.5 Å². The van der Waals surface area contributed by atoms with E-state index in [4.69, 9.17) is 4.74 Å². The highest BCUT2D eigenvalue weighted by molar-refractivity contribution is 7.89. The summed E-state index contributed by atoms with van der Waals surface area (Å²) >= 11 is 0. The van der Waals surface area contributed by atoms with E-state index in [0.29, 0.717) is 48.7 Å². The number of ether oxygens (including phenoxy) is 1. The van der Waals surface area contributed by atoms with E-state index in [2.05, 4.69) is 5.32 Å². The summed E-state index contributed by atoms with van der Waals surface area (Å²) in [5, 5.41) is 2.70. The average molecular weight is 429 g/mol. The number of hydrogen-bond donors (Lipinski definition) is 1. The monoisotopic (exact) mass is 429 g/mol. The number of amides is 2. The Bertz CT molecular complexity index is 1130. The molecule has 0 radical (unpaired) electrons. The molecular weight excluding hydrogens is 406 g/mol. The molecule has 2 aromatic rings. The van der Waals surface area contributed by atoms with Crippen LogP contribution in [-0.4, -0.2) is 50.8 Å². The lowest BCUT2D eigenvalue weighted by molar-refractivity contribution is -0.118. The van der Waals surface area contributed by atoms with E-state index in [1.165, 1.54) is 4.31 Å². The minimum atomic E-state index is -3.55. The van der Waals surface area contributed by atoms with Gasteiger partial charge < -0.3 is 15.0 Å². The molecule has 30 heavy (non-hydrogen) atoms. The van der Waals surface area contributed by atoms with Crippen molar-refractivity contribution in [3.63, 3.8) is 0 Å². The van der Waals surface area contributed by atoms with Gasteiger partial charge in [0.25, 0.3) is 11.8 Å². The second kappa shape index (κ2) is 7.73. The first-order chi connectivity index (χ1) is 14.3. The van der Waals surface area contributed by atoms with Crippen LogP contribution in [0.1, 0.15) is 29.8 Å². The molecule has 0 atom stereocenters. The van der Waals surface area contributed by atoms with E-state index >= 15 is 0 Å². The van der Waals surface area contributed by atoms with Crippen molar-refractivity contribution in [2.45, 2.75) is 25.2 Å². The van der Waals surface area contributed by atoms with Gasteiger partial charge in [0.05, 0.1) is 10.6 Å². The lowest BCUT2D eigenvalue weighted by atomic mass is 10.1. The van der Waals surface area contributed by atoms with Crippen LogP contribution in [0.4, 0.5) is 11.4 Å². The Morgan fingerprint density at radius 1 is 1.17 bits per heavy atom. The molecule has 4 rings (SSSR count). The van der Waals surface area contributed by atoms with Crippen LogP contribution in [0.5, 0.6) is 5.75 Å². The maximum Gasteiger partial charge on any atom is 0.262 e. The van der Waals surface area contributed by atoms with Crippen LogP contribution in [-0.2, 0) is 21.2 Å². The van der Waals surface area contributed by atoms with Crippen LogP contribution in [0.15, 0.2) is 41.3 Å². The summed E-state index contributed by atoms with van der Waals surface area (Å²) < 4.78 is 32.4. The molecule has 0 saturated carbocycles. The molecule has 2 heterocycles. The summed E-state index contributed by atoms with van der Waals surface area (Å²) in [6, 6.07) is 9.84. The molecule has 0 bridgehead atoms. The number of hydrogen-bond acceptors (Lipinski definition) is 5. The van der Waals surface area contributed by atoms with Gasteiger partial charge in [-0.05, 0) is 48.4 Å². The predicted octanol–water partition coefficient (Wildman–Crippen LogP) is 2.25. The van der Waals surface area contributed by atoms with E-state index < -0.39 is 10.0 Å². The SMILES string of the molecule is CCN(CC)S(=O)(=O)c1ccc2c(c1)CCN2C(=O)c1ccc2c(c1)OCC(=O)N2. The summed E-state index contributed by atoms with van der Waals surface area (Å²) in [5.41, 5.74) is 2.52. The van der Waals surface area contributed by atoms with E-state index in [1.807, 2.05) is 13.8 Å². The fourth-order valence-electron chi connectivity index (χ4n) is 3.83. The molecule has 0 saturated heterocycles. The van der Waals surface area contributed by atoms with Gasteiger partial charge in [-0.3, -0.25) is 9.59 Å². The Labute approximate surface area is 175 Å². The number of fused-ring (bicyclic) bond motifs is 2. The maximum absolute atomic E-state index is 13.1. The molecule has 2 aromatic carbocycles. The van der Waals surface area contributed by atoms with Gasteiger partial charge in [0, 0.05) is 30.9 Å². The predicted molar refractivity (Wildman–Crippen MR) is 112 cm³/mol. The molecule has 2 aliphatic rings. The zero-order valence-corrected chi connectivity index (χ0v) is 17.7. The van der Waals surface area contributed by atoms with E-state index in [1.54, 1.807) is 41.3 Å². The smallest absolute Gasteiger partial charge is 0.262 e. The zero-order valence-electron chi connectivity index (χ0n) is 16.8. The van der Waals surface area contributed by atoms with Crippen LogP contribution in [0.25, 0.3) is 0 Å². The molecule has 2 aliphatic heterocycles. The third-order valence-electron chi connectivity index (χ3n) is 5.40. The summed E-state index contributed by atoms with van der Waals surface area (Å²) in [5.74, 6) is 0.0300. The summed E-state index contributed by atoms with van der Waals surface area (Å²) in [6.07, 6.45) is 0.584. The highest BCUT2D eigenvalue weighted by atomic mass is 32.2. The largest absolute Gasteiger partial charge is 0.482 e. The summed E-state index contributed by atoms with van der Waals surface area (Å²) in [7, 11) is -3.55. The molecule has 0 fully saturated rings. The van der Waals surface area contributed by atoms with Gasteiger partial charge >= 0.3 is 0 Å². The van der Waals surface area contributed by atoms with Crippen molar-refractivity contribution in [3.05, 3.63) is 47.5 Å². The first kappa shape index (κ1) is 20.4. The van der Waals surface area contributed by atoms with E-state index in [0.717, 1.165) is 5.56 Å². The van der Waals surface area contributed by atoms with Gasteiger partial charge in [-0.1, -0.05) is 13.8 Å². The van der Waals surface area contributed by atoms with Crippen LogP contribution < -0.4 is 15.0 Å². The standard InChI is InChI=1S/C21H23N3O5S/c1-3-23(4-2)30(27,28)16-6-8-18-14(11-16)9-10-24(18)21(26)15-5-7-17-19(12-15)29-13-20(25)22-17/h5-8,11-12H,3-4,9-10,13H2,1-2H3,(H,22,25). The maximum atomic E-state index is 13.1. The van der Waals surface area contributed by atoms with Gasteiger partial charge in [0.15, 0.2) is 6.61 Å². The molecule has 2 amide bonds. The molecule has 0 aromatic heterocycles. The molecule has 9 heteroatoms. The number of benzene rings is 2. The van der Waals surface area contributed by atoms with Crippen molar-refractivity contribution < 1.29 is 22.7 Å². The average Bonchev–Trinajstić information content (AvgIpc) is 3.16. The second-order valence-corrected chi connectivity index (χ2v) is 9.07. The quantitative estimate of drug-likeness (QED) is 0.787. The Hall–Kier alpha value is -2.91. The molecular formula is C21H23N3O5S. The lowest BCUT2D eigenvalue weighted by Gasteiger charge is -2.21. The van der Waals surface area contributed by atoms with Gasteiger partial charge in [-0.25, -0.2) is 8.42 Å². The molecule has 0 unspecified atom stereocenters. The van der Waals surface area contributed by atoms with Crippen molar-refractivity contribution in [1.82, 2.24) is 4.31 Å². The van der Waals surface area contributed by atoms with Gasteiger partial charge in [-0.15, -0.1) is 0 Å². The third kappa shape index (κ3) is 3.44. The van der Waals surface area contributed by atoms with Gasteiger partial charge in [0.1, 0.15) is 5.75 Å². The van der Waals surface area contributed by atoms with Gasteiger partial charge in [0.2, 0.25) is 10.0 Å². The number of rotatable bonds is 5. The highest BCUT2D eigenvalue weighted by Crippen LogP contribution is 2.34. The van der Waals surface area contributed by atoms with E-state index in [9.17, 15) is 18.0 Å². The summed E-state index contributed by atoms with van der Waals surface area (Å²) in [6.45, 7) is 4.81. The number of sulfonamides is 1. The van der Waals surface area contributed by atoms with Crippen molar-refractivity contribution >= 4 is 33.2 Å². The Balaban J connectivity index is 1.61. The lowest BCUT2D eigenvalue weighted by Crippen LogP contribution is -2.31. The molecule has 1 N–H and O–H groups in total. The number of nitrogens with zero attached hydrogens (tertiary/aromatic N) is 2. The van der Waals surface area contributed by atoms with Crippen LogP contribution >= 0.6 is 0 Å². The first-order valence-electron chi connectivity index (χ1n) is 9.86. The summed E-state index contributed by atoms with van der Waals surface area (Å²) in [4.78, 5) is 26.4. The molecule has 0 aliphatic carbocycles. The molecule has 158 valence electrons. The van der Waals surface area contributed by atoms with Crippen molar-refractivity contribution in [3.8, 4) is 5.75 Å². The van der Waals surface area contributed by atoms with Gasteiger partial charge in [-0.2, -0.15) is 4.31 Å². The second-order valence-electron chi connectivity index (χ2n) is 7.13. The molecule has 0 spiro atoms. The van der Waals surface area contributed by atoms with Crippen LogP contribution in [0.2, 0.25) is 0 Å². The van der Waals surface area contributed by atoms with Crippen molar-refractivity contribution in [1.29, 1.82) is 0 Å². The normalized spacial score (nSPS) is 15.4. The topological polar surface area (TPSA) is 96.0 Å². The number of carbonyl (C=O) groups is 2. The number of nitrogens with one attached hydrogen (secondary N) is 1. The van der Waals surface area contributed by atoms with Crippen LogP contribution in [0.3, 0.4) is 0 Å². The minimum absolute atomic E-state index is 0.0824. The first-order valence-corrected chi connectivity index (χ1v) is 11.3. The van der Waals surface area contributed by atoms with E-state index in [-0.39, 0.29) is 23.3 Å². The van der Waals surface area contributed by atoms with Crippen LogP contribution in [0, 0.1) is 0 Å². The Kier molecular flexibility index (Phi) is 5.25.